The number of alkyl halides is 3. The lowest BCUT2D eigenvalue weighted by Gasteiger charge is -2.26. The van der Waals surface area contributed by atoms with Gasteiger partial charge < -0.3 is 10.2 Å². The van der Waals surface area contributed by atoms with Crippen molar-refractivity contribution in [1.29, 1.82) is 0 Å². The zero-order valence-corrected chi connectivity index (χ0v) is 13.6. The van der Waals surface area contributed by atoms with Crippen LogP contribution in [0.4, 0.5) is 13.2 Å². The van der Waals surface area contributed by atoms with E-state index < -0.39 is 12.6 Å². The topological polar surface area (TPSA) is 32.3 Å². The van der Waals surface area contributed by atoms with Crippen LogP contribution in [0.15, 0.2) is 0 Å². The van der Waals surface area contributed by atoms with Gasteiger partial charge in [-0.05, 0) is 57.0 Å². The molecule has 2 fully saturated rings. The normalized spacial score (nSPS) is 19.6. The van der Waals surface area contributed by atoms with Gasteiger partial charge in [0.15, 0.2) is 0 Å². The van der Waals surface area contributed by atoms with Gasteiger partial charge in [-0.1, -0.05) is 0 Å². The Balaban J connectivity index is 0.00000242. The second kappa shape index (κ2) is 8.96. The van der Waals surface area contributed by atoms with Gasteiger partial charge in [-0.15, -0.1) is 12.4 Å². The molecule has 1 N–H and O–H groups in total. The predicted octanol–water partition coefficient (Wildman–Crippen LogP) is 3.38. The van der Waals surface area contributed by atoms with Gasteiger partial charge in [0, 0.05) is 19.5 Å². The second-order valence-corrected chi connectivity index (χ2v) is 6.38. The molecular weight excluding hydrogens is 317 g/mol. The lowest BCUT2D eigenvalue weighted by atomic mass is 9.93. The van der Waals surface area contributed by atoms with Gasteiger partial charge in [0.25, 0.3) is 0 Å². The van der Waals surface area contributed by atoms with E-state index in [9.17, 15) is 18.0 Å². The fraction of sp³-hybridized carbons (Fsp3) is 0.933. The Kier molecular flexibility index (Phi) is 7.97. The summed E-state index contributed by atoms with van der Waals surface area (Å²) in [7, 11) is 0. The quantitative estimate of drug-likeness (QED) is 0.769. The van der Waals surface area contributed by atoms with Crippen LogP contribution < -0.4 is 5.32 Å². The molecule has 130 valence electrons. The van der Waals surface area contributed by atoms with E-state index in [1.54, 1.807) is 0 Å². The molecule has 1 amide bonds. The number of carbonyl (C=O) groups excluding carboxylic acids is 1. The Morgan fingerprint density at radius 1 is 1.09 bits per heavy atom. The molecule has 22 heavy (non-hydrogen) atoms. The highest BCUT2D eigenvalue weighted by Gasteiger charge is 2.32. The average molecular weight is 343 g/mol. The van der Waals surface area contributed by atoms with Crippen LogP contribution in [-0.4, -0.2) is 43.2 Å². The number of hydrogen-bond donors (Lipinski definition) is 1. The highest BCUT2D eigenvalue weighted by Crippen LogP contribution is 2.31. The molecule has 0 atom stereocenters. The third kappa shape index (κ3) is 7.68. The third-order valence-corrected chi connectivity index (χ3v) is 4.42. The van der Waals surface area contributed by atoms with E-state index in [0.717, 1.165) is 45.2 Å². The maximum atomic E-state index is 12.4. The van der Waals surface area contributed by atoms with Crippen LogP contribution in [0.25, 0.3) is 0 Å². The molecule has 2 rings (SSSR count). The van der Waals surface area contributed by atoms with E-state index in [1.165, 1.54) is 4.90 Å². The van der Waals surface area contributed by atoms with Crippen molar-refractivity contribution < 1.29 is 18.0 Å². The van der Waals surface area contributed by atoms with Crippen molar-refractivity contribution >= 4 is 18.3 Å². The van der Waals surface area contributed by atoms with E-state index in [-0.39, 0.29) is 24.9 Å². The predicted molar refractivity (Wildman–Crippen MR) is 82.1 cm³/mol. The van der Waals surface area contributed by atoms with Gasteiger partial charge in [0.05, 0.1) is 6.42 Å². The monoisotopic (exact) mass is 342 g/mol. The van der Waals surface area contributed by atoms with E-state index in [2.05, 4.69) is 5.32 Å². The number of hydrogen-bond acceptors (Lipinski definition) is 2. The minimum atomic E-state index is -4.18. The van der Waals surface area contributed by atoms with Crippen molar-refractivity contribution in [2.75, 3.05) is 26.2 Å². The van der Waals surface area contributed by atoms with Gasteiger partial charge in [0.1, 0.15) is 0 Å². The summed E-state index contributed by atoms with van der Waals surface area (Å²) in [5.74, 6) is 0.881. The van der Waals surface area contributed by atoms with Crippen LogP contribution in [0.3, 0.4) is 0 Å². The number of rotatable bonds is 7. The zero-order valence-electron chi connectivity index (χ0n) is 12.8. The first-order chi connectivity index (χ1) is 9.94. The van der Waals surface area contributed by atoms with E-state index in [4.69, 9.17) is 0 Å². The Morgan fingerprint density at radius 2 is 1.73 bits per heavy atom. The van der Waals surface area contributed by atoms with Crippen LogP contribution in [-0.2, 0) is 4.79 Å². The first kappa shape index (κ1) is 19.6. The highest BCUT2D eigenvalue weighted by molar-refractivity contribution is 5.85. The molecule has 1 aliphatic heterocycles. The maximum Gasteiger partial charge on any atom is 0.390 e. The van der Waals surface area contributed by atoms with Crippen molar-refractivity contribution in [3.63, 3.8) is 0 Å². The SMILES string of the molecule is Cl.O=C(CCC1CCNCC1)N(CCC(F)(F)F)CC1CC1. The summed E-state index contributed by atoms with van der Waals surface area (Å²) in [6, 6.07) is 0. The van der Waals surface area contributed by atoms with E-state index in [0.29, 0.717) is 24.8 Å². The average Bonchev–Trinajstić information content (AvgIpc) is 3.25. The van der Waals surface area contributed by atoms with Gasteiger partial charge >= 0.3 is 6.18 Å². The summed E-state index contributed by atoms with van der Waals surface area (Å²) in [6.07, 6.45) is 0.365. The number of amides is 1. The summed E-state index contributed by atoms with van der Waals surface area (Å²) in [5, 5.41) is 3.28. The highest BCUT2D eigenvalue weighted by atomic mass is 35.5. The first-order valence-electron chi connectivity index (χ1n) is 7.99. The molecule has 0 bridgehead atoms. The van der Waals surface area contributed by atoms with Gasteiger partial charge in [-0.2, -0.15) is 13.2 Å². The minimum Gasteiger partial charge on any atom is -0.342 e. The van der Waals surface area contributed by atoms with Gasteiger partial charge in [-0.25, -0.2) is 0 Å². The van der Waals surface area contributed by atoms with Crippen LogP contribution in [0.2, 0.25) is 0 Å². The zero-order chi connectivity index (χ0) is 15.3. The maximum absolute atomic E-state index is 12.4. The molecule has 1 heterocycles. The molecule has 0 aromatic heterocycles. The molecule has 0 aromatic rings. The van der Waals surface area contributed by atoms with Gasteiger partial charge in [0.2, 0.25) is 5.91 Å². The smallest absolute Gasteiger partial charge is 0.342 e. The summed E-state index contributed by atoms with van der Waals surface area (Å²) in [6.45, 7) is 2.31. The molecule has 7 heteroatoms. The molecule has 0 radical (unpaired) electrons. The minimum absolute atomic E-state index is 0. The van der Waals surface area contributed by atoms with Crippen molar-refractivity contribution in [2.45, 2.75) is 51.1 Å². The van der Waals surface area contributed by atoms with E-state index >= 15 is 0 Å². The number of nitrogens with zero attached hydrogens (tertiary/aromatic N) is 1. The second-order valence-electron chi connectivity index (χ2n) is 6.38. The first-order valence-corrected chi connectivity index (χ1v) is 7.99. The molecule has 0 aromatic carbocycles. The lowest BCUT2D eigenvalue weighted by Crippen LogP contribution is -2.36. The van der Waals surface area contributed by atoms with Crippen LogP contribution >= 0.6 is 12.4 Å². The number of piperidine rings is 1. The van der Waals surface area contributed by atoms with Crippen molar-refractivity contribution in [1.82, 2.24) is 10.2 Å². The van der Waals surface area contributed by atoms with Crippen LogP contribution in [0.1, 0.15) is 44.9 Å². The molecule has 1 saturated heterocycles. The summed E-state index contributed by atoms with van der Waals surface area (Å²) in [5.41, 5.74) is 0. The Hall–Kier alpha value is -0.490. The molecule has 0 spiro atoms. The molecule has 1 saturated carbocycles. The number of halogens is 4. The Labute approximate surface area is 136 Å². The largest absolute Gasteiger partial charge is 0.390 e. The standard InChI is InChI=1S/C15H25F3N2O.ClH/c16-15(17,18)7-10-20(11-13-1-2-13)14(21)4-3-12-5-8-19-9-6-12;/h12-13,19H,1-11H2;1H. The fourth-order valence-electron chi connectivity index (χ4n) is 2.85. The molecule has 3 nitrogen and oxygen atoms in total. The number of carbonyl (C=O) groups is 1. The Morgan fingerprint density at radius 3 is 2.27 bits per heavy atom. The van der Waals surface area contributed by atoms with Gasteiger partial charge in [-0.3, -0.25) is 4.79 Å². The lowest BCUT2D eigenvalue weighted by molar-refractivity contribution is -0.145. The molecule has 2 aliphatic rings. The van der Waals surface area contributed by atoms with E-state index in [1.807, 2.05) is 0 Å². The molecule has 1 aliphatic carbocycles. The van der Waals surface area contributed by atoms with Crippen molar-refractivity contribution in [2.24, 2.45) is 11.8 Å². The van der Waals surface area contributed by atoms with Crippen molar-refractivity contribution in [3.05, 3.63) is 0 Å². The van der Waals surface area contributed by atoms with Crippen LogP contribution in [0.5, 0.6) is 0 Å². The summed E-state index contributed by atoms with van der Waals surface area (Å²) < 4.78 is 37.1. The molecular formula is C15H26ClF3N2O. The third-order valence-electron chi connectivity index (χ3n) is 4.42. The summed E-state index contributed by atoms with van der Waals surface area (Å²) in [4.78, 5) is 13.7. The number of nitrogens with one attached hydrogen (secondary N) is 1. The summed E-state index contributed by atoms with van der Waals surface area (Å²) >= 11 is 0. The fourth-order valence-corrected chi connectivity index (χ4v) is 2.85. The Bertz CT molecular complexity index is 342. The molecule has 0 unspecified atom stereocenters. The van der Waals surface area contributed by atoms with Crippen molar-refractivity contribution in [3.8, 4) is 0 Å². The van der Waals surface area contributed by atoms with Crippen LogP contribution in [0, 0.1) is 11.8 Å².